The van der Waals surface area contributed by atoms with E-state index in [4.69, 9.17) is 0 Å². The molecule has 0 aliphatic rings. The molecule has 6 heteroatoms. The van der Waals surface area contributed by atoms with Gasteiger partial charge in [-0.2, -0.15) is 0 Å². The van der Waals surface area contributed by atoms with Crippen molar-refractivity contribution in [2.45, 2.75) is 6.92 Å². The number of nitrogens with one attached hydrogen (secondary N) is 3. The van der Waals surface area contributed by atoms with Gasteiger partial charge in [0.1, 0.15) is 5.52 Å². The van der Waals surface area contributed by atoms with Crippen LogP contribution in [0.15, 0.2) is 46.2 Å². The molecule has 0 unspecified atom stereocenters. The first-order valence-electron chi connectivity index (χ1n) is 5.34. The first-order valence-corrected chi connectivity index (χ1v) is 5.34. The molecule has 0 atom stereocenters. The van der Waals surface area contributed by atoms with Gasteiger partial charge < -0.3 is 4.98 Å². The summed E-state index contributed by atoms with van der Waals surface area (Å²) in [7, 11) is 0. The molecule has 0 saturated heterocycles. The Balaban J connectivity index is 0.000000149. The number of hydrogen-bond acceptors (Lipinski definition) is 3. The van der Waals surface area contributed by atoms with Gasteiger partial charge in [-0.25, -0.2) is 9.78 Å². The van der Waals surface area contributed by atoms with E-state index in [1.165, 1.54) is 11.9 Å². The minimum absolute atomic E-state index is 0.277. The Morgan fingerprint density at radius 2 is 1.78 bits per heavy atom. The molecule has 3 N–H and O–H groups in total. The van der Waals surface area contributed by atoms with Crippen molar-refractivity contribution in [2.75, 3.05) is 0 Å². The van der Waals surface area contributed by atoms with Crippen molar-refractivity contribution in [1.82, 2.24) is 19.9 Å². The molecule has 0 fully saturated rings. The van der Waals surface area contributed by atoms with Gasteiger partial charge in [0.25, 0.3) is 5.56 Å². The fourth-order valence-electron chi connectivity index (χ4n) is 1.40. The molecule has 0 radical (unpaired) electrons. The van der Waals surface area contributed by atoms with Crippen LogP contribution in [0, 0.1) is 6.92 Å². The van der Waals surface area contributed by atoms with E-state index in [9.17, 15) is 9.59 Å². The third-order valence-electron chi connectivity index (χ3n) is 2.27. The lowest BCUT2D eigenvalue weighted by Crippen LogP contribution is -2.21. The van der Waals surface area contributed by atoms with Crippen LogP contribution in [0.5, 0.6) is 0 Å². The highest BCUT2D eigenvalue weighted by Crippen LogP contribution is 1.92. The second-order valence-electron chi connectivity index (χ2n) is 3.69. The Hall–Kier alpha value is -2.63. The van der Waals surface area contributed by atoms with E-state index < -0.39 is 11.2 Å². The number of rotatable bonds is 0. The van der Waals surface area contributed by atoms with E-state index in [-0.39, 0.29) is 11.2 Å². The summed E-state index contributed by atoms with van der Waals surface area (Å²) in [6, 6.07) is 10.3. The smallest absolute Gasteiger partial charge is 0.327 e. The highest BCUT2D eigenvalue weighted by molar-refractivity contribution is 5.67. The Morgan fingerprint density at radius 3 is 2.39 bits per heavy atom. The molecule has 2 heterocycles. The van der Waals surface area contributed by atoms with Crippen LogP contribution < -0.4 is 11.2 Å². The van der Waals surface area contributed by atoms with Gasteiger partial charge in [0.2, 0.25) is 0 Å². The second-order valence-corrected chi connectivity index (χ2v) is 3.69. The molecule has 6 nitrogen and oxygen atoms in total. The van der Waals surface area contributed by atoms with E-state index in [2.05, 4.69) is 39.0 Å². The topological polar surface area (TPSA) is 94.4 Å². The van der Waals surface area contributed by atoms with E-state index in [1.54, 1.807) is 0 Å². The number of imidazole rings is 1. The van der Waals surface area contributed by atoms with Gasteiger partial charge in [-0.1, -0.05) is 35.9 Å². The van der Waals surface area contributed by atoms with Gasteiger partial charge in [-0.05, 0) is 6.92 Å². The Morgan fingerprint density at radius 1 is 1.06 bits per heavy atom. The predicted octanol–water partition coefficient (Wildman–Crippen LogP) is 0.935. The summed E-state index contributed by atoms with van der Waals surface area (Å²) in [5.41, 5.74) is 0.877. The molecule has 1 aromatic carbocycles. The summed E-state index contributed by atoms with van der Waals surface area (Å²) < 4.78 is 0. The van der Waals surface area contributed by atoms with Gasteiger partial charge in [0, 0.05) is 0 Å². The van der Waals surface area contributed by atoms with Gasteiger partial charge in [0.05, 0.1) is 6.33 Å². The Labute approximate surface area is 102 Å². The molecule has 0 saturated carbocycles. The van der Waals surface area contributed by atoms with Crippen molar-refractivity contribution in [3.05, 3.63) is 63.1 Å². The molecule has 0 amide bonds. The number of fused-ring (bicyclic) bond motifs is 1. The number of nitrogens with zero attached hydrogens (tertiary/aromatic N) is 1. The van der Waals surface area contributed by atoms with Crippen LogP contribution in [-0.2, 0) is 0 Å². The highest BCUT2D eigenvalue weighted by Gasteiger charge is 1.99. The number of aromatic amines is 3. The average Bonchev–Trinajstić information content (AvgIpc) is 2.79. The first-order chi connectivity index (χ1) is 8.66. The van der Waals surface area contributed by atoms with Crippen molar-refractivity contribution in [3.8, 4) is 0 Å². The van der Waals surface area contributed by atoms with E-state index in [0.29, 0.717) is 0 Å². The Bertz CT molecular complexity index is 740. The zero-order chi connectivity index (χ0) is 13.0. The highest BCUT2D eigenvalue weighted by atomic mass is 16.2. The monoisotopic (exact) mass is 244 g/mol. The van der Waals surface area contributed by atoms with Gasteiger partial charge in [-0.3, -0.25) is 14.8 Å². The van der Waals surface area contributed by atoms with Crippen molar-refractivity contribution >= 4 is 11.2 Å². The molecule has 18 heavy (non-hydrogen) atoms. The number of aryl methyl sites for hydroxylation is 1. The maximum Gasteiger partial charge on any atom is 0.327 e. The largest absolute Gasteiger partial charge is 0.339 e. The van der Waals surface area contributed by atoms with Crippen LogP contribution in [0.1, 0.15) is 5.56 Å². The zero-order valence-electron chi connectivity index (χ0n) is 9.73. The number of hydrogen-bond donors (Lipinski definition) is 3. The molecule has 2 aromatic heterocycles. The molecule has 3 aromatic rings. The zero-order valence-corrected chi connectivity index (χ0v) is 9.73. The minimum atomic E-state index is -0.547. The molecule has 0 spiro atoms. The van der Waals surface area contributed by atoms with Crippen molar-refractivity contribution < 1.29 is 0 Å². The number of H-pyrrole nitrogens is 3. The molecule has 92 valence electrons. The number of benzene rings is 1. The molecule has 0 aliphatic heterocycles. The summed E-state index contributed by atoms with van der Waals surface area (Å²) in [4.78, 5) is 32.3. The first kappa shape index (κ1) is 11.8. The van der Waals surface area contributed by atoms with Crippen molar-refractivity contribution in [2.24, 2.45) is 0 Å². The number of aromatic nitrogens is 4. The average molecular weight is 244 g/mol. The van der Waals surface area contributed by atoms with E-state index in [1.807, 2.05) is 18.2 Å². The van der Waals surface area contributed by atoms with Crippen LogP contribution in [0.3, 0.4) is 0 Å². The second kappa shape index (κ2) is 5.13. The quantitative estimate of drug-likeness (QED) is 0.549. The lowest BCUT2D eigenvalue weighted by Gasteiger charge is -1.83. The van der Waals surface area contributed by atoms with Gasteiger partial charge in [0.15, 0.2) is 5.65 Å². The van der Waals surface area contributed by atoms with Gasteiger partial charge in [-0.15, -0.1) is 0 Å². The summed E-state index contributed by atoms with van der Waals surface area (Å²) in [5, 5.41) is 0. The van der Waals surface area contributed by atoms with Gasteiger partial charge >= 0.3 is 5.69 Å². The summed E-state index contributed by atoms with van der Waals surface area (Å²) in [6.07, 6.45) is 1.34. The molecule has 3 rings (SSSR count). The van der Waals surface area contributed by atoms with Crippen LogP contribution in [0.2, 0.25) is 0 Å². The lowest BCUT2D eigenvalue weighted by atomic mass is 10.2. The third-order valence-corrected chi connectivity index (χ3v) is 2.27. The van der Waals surface area contributed by atoms with Crippen molar-refractivity contribution in [3.63, 3.8) is 0 Å². The fraction of sp³-hybridized carbons (Fsp3) is 0.0833. The van der Waals surface area contributed by atoms with Crippen molar-refractivity contribution in [1.29, 1.82) is 0 Å². The molecular formula is C12H12N4O2. The van der Waals surface area contributed by atoms with Crippen LogP contribution in [0.25, 0.3) is 11.2 Å². The molecular weight excluding hydrogens is 232 g/mol. The maximum atomic E-state index is 10.9. The van der Waals surface area contributed by atoms with Crippen LogP contribution in [0.4, 0.5) is 0 Å². The summed E-state index contributed by atoms with van der Waals surface area (Å²) in [6.45, 7) is 2.08. The summed E-state index contributed by atoms with van der Waals surface area (Å²) in [5.74, 6) is 0. The molecule has 0 aliphatic carbocycles. The third kappa shape index (κ3) is 2.73. The van der Waals surface area contributed by atoms with Crippen LogP contribution >= 0.6 is 0 Å². The van der Waals surface area contributed by atoms with E-state index >= 15 is 0 Å². The van der Waals surface area contributed by atoms with E-state index in [0.717, 1.165) is 0 Å². The maximum absolute atomic E-state index is 10.9. The normalized spacial score (nSPS) is 9.83. The Kier molecular flexibility index (Phi) is 3.38. The summed E-state index contributed by atoms with van der Waals surface area (Å²) >= 11 is 0. The lowest BCUT2D eigenvalue weighted by molar-refractivity contribution is 1.07. The van der Waals surface area contributed by atoms with Crippen LogP contribution in [-0.4, -0.2) is 19.9 Å². The SMILES string of the molecule is Cc1ccccc1.O=c1[nH]c(=O)c2[nH]cnc2[nH]1. The fourth-order valence-corrected chi connectivity index (χ4v) is 1.40. The molecule has 0 bridgehead atoms. The minimum Gasteiger partial charge on any atom is -0.339 e. The standard InChI is InChI=1S/C7H8.C5H4N4O2/c1-7-5-3-2-4-6-7;10-4-2-3(7-1-6-2)8-5(11)9-4/h2-6H,1H3;1H,(H3,6,7,8,9,10,11). The predicted molar refractivity (Wildman–Crippen MR) is 68.5 cm³/mol.